The number of thioether (sulfide) groups is 1. The molecule has 0 aromatic heterocycles. The van der Waals surface area contributed by atoms with E-state index in [2.05, 4.69) is 15.6 Å². The standard InChI is InChI=1S/C22H16F3N3O2S/c23-22(24,25)16-7-3-4-8-17(16)27-21-28-20(30)18(31-21)12-19(29)26-15-10-9-13-5-1-2-6-14(13)11-15/h1-11,18H,12H2,(H,26,29)(H,27,28,30). The second kappa shape index (κ2) is 8.43. The number of nitrogens with one attached hydrogen (secondary N) is 2. The van der Waals surface area contributed by atoms with Gasteiger partial charge in [-0.3, -0.25) is 9.59 Å². The fourth-order valence-electron chi connectivity index (χ4n) is 3.16. The van der Waals surface area contributed by atoms with E-state index in [1.165, 1.54) is 18.2 Å². The van der Waals surface area contributed by atoms with E-state index in [1.54, 1.807) is 6.07 Å². The molecule has 0 bridgehead atoms. The van der Waals surface area contributed by atoms with Crippen molar-refractivity contribution in [3.05, 3.63) is 72.3 Å². The summed E-state index contributed by atoms with van der Waals surface area (Å²) < 4.78 is 39.4. The molecule has 5 nitrogen and oxygen atoms in total. The molecule has 2 N–H and O–H groups in total. The molecule has 2 amide bonds. The van der Waals surface area contributed by atoms with E-state index in [0.717, 1.165) is 28.6 Å². The summed E-state index contributed by atoms with van der Waals surface area (Å²) in [6, 6.07) is 18.0. The molecule has 158 valence electrons. The van der Waals surface area contributed by atoms with Crippen LogP contribution in [0, 0.1) is 0 Å². The zero-order chi connectivity index (χ0) is 22.0. The van der Waals surface area contributed by atoms with Gasteiger partial charge in [0.2, 0.25) is 11.8 Å². The number of amidine groups is 1. The van der Waals surface area contributed by atoms with E-state index in [-0.39, 0.29) is 23.2 Å². The first-order valence-corrected chi connectivity index (χ1v) is 10.2. The lowest BCUT2D eigenvalue weighted by Gasteiger charge is -2.09. The van der Waals surface area contributed by atoms with Crippen molar-refractivity contribution in [2.24, 2.45) is 4.99 Å². The van der Waals surface area contributed by atoms with Crippen LogP contribution in [0.25, 0.3) is 10.8 Å². The Balaban J connectivity index is 1.44. The van der Waals surface area contributed by atoms with Gasteiger partial charge in [-0.05, 0) is 35.0 Å². The molecule has 0 saturated carbocycles. The molecule has 1 aliphatic heterocycles. The predicted molar refractivity (Wildman–Crippen MR) is 115 cm³/mol. The van der Waals surface area contributed by atoms with Crippen molar-refractivity contribution >= 4 is 50.9 Å². The van der Waals surface area contributed by atoms with Crippen LogP contribution in [0.5, 0.6) is 0 Å². The molecule has 0 radical (unpaired) electrons. The van der Waals surface area contributed by atoms with Crippen molar-refractivity contribution in [1.29, 1.82) is 0 Å². The van der Waals surface area contributed by atoms with Gasteiger partial charge in [-0.15, -0.1) is 0 Å². The monoisotopic (exact) mass is 443 g/mol. The summed E-state index contributed by atoms with van der Waals surface area (Å²) in [5.41, 5.74) is -0.589. The van der Waals surface area contributed by atoms with E-state index in [9.17, 15) is 22.8 Å². The first-order valence-electron chi connectivity index (χ1n) is 9.31. The van der Waals surface area contributed by atoms with Crippen LogP contribution in [0.4, 0.5) is 24.5 Å². The van der Waals surface area contributed by atoms with Gasteiger partial charge < -0.3 is 10.6 Å². The molecule has 1 saturated heterocycles. The molecule has 1 fully saturated rings. The van der Waals surface area contributed by atoms with Gasteiger partial charge >= 0.3 is 6.18 Å². The van der Waals surface area contributed by atoms with Gasteiger partial charge in [0, 0.05) is 12.1 Å². The number of anilines is 1. The van der Waals surface area contributed by atoms with Crippen LogP contribution in [0.2, 0.25) is 0 Å². The van der Waals surface area contributed by atoms with Crippen LogP contribution in [0.1, 0.15) is 12.0 Å². The minimum atomic E-state index is -4.56. The second-order valence-electron chi connectivity index (χ2n) is 6.84. The van der Waals surface area contributed by atoms with E-state index >= 15 is 0 Å². The Labute approximate surface area is 179 Å². The topological polar surface area (TPSA) is 70.6 Å². The SMILES string of the molecule is O=C(CC1SC(=Nc2ccccc2C(F)(F)F)NC1=O)Nc1ccc2ccccc2c1. The molecule has 3 aromatic carbocycles. The van der Waals surface area contributed by atoms with Crippen LogP contribution in [0.15, 0.2) is 71.7 Å². The van der Waals surface area contributed by atoms with Crippen molar-refractivity contribution in [2.45, 2.75) is 17.8 Å². The highest BCUT2D eigenvalue weighted by molar-refractivity contribution is 8.15. The third-order valence-electron chi connectivity index (χ3n) is 4.61. The van der Waals surface area contributed by atoms with Gasteiger partial charge in [0.1, 0.15) is 5.25 Å². The molecule has 4 rings (SSSR count). The molecule has 1 aliphatic rings. The van der Waals surface area contributed by atoms with Gasteiger partial charge in [-0.1, -0.05) is 54.2 Å². The number of alkyl halides is 3. The van der Waals surface area contributed by atoms with Crippen molar-refractivity contribution in [3.63, 3.8) is 0 Å². The lowest BCUT2D eigenvalue weighted by molar-refractivity contribution is -0.137. The smallest absolute Gasteiger partial charge is 0.326 e. The van der Waals surface area contributed by atoms with Crippen molar-refractivity contribution in [3.8, 4) is 0 Å². The summed E-state index contributed by atoms with van der Waals surface area (Å²) in [5.74, 6) is -0.846. The highest BCUT2D eigenvalue weighted by atomic mass is 32.2. The summed E-state index contributed by atoms with van der Waals surface area (Å²) >= 11 is 0.936. The molecule has 1 heterocycles. The lowest BCUT2D eigenvalue weighted by Crippen LogP contribution is -2.28. The molecular weight excluding hydrogens is 427 g/mol. The molecule has 31 heavy (non-hydrogen) atoms. The van der Waals surface area contributed by atoms with Crippen molar-refractivity contribution in [2.75, 3.05) is 5.32 Å². The Hall–Kier alpha value is -3.33. The molecule has 0 aliphatic carbocycles. The molecule has 3 aromatic rings. The van der Waals surface area contributed by atoms with Crippen LogP contribution in [-0.2, 0) is 15.8 Å². The summed E-state index contributed by atoms with van der Waals surface area (Å²) in [4.78, 5) is 28.6. The molecule has 9 heteroatoms. The number of benzene rings is 3. The number of hydrogen-bond acceptors (Lipinski definition) is 4. The first kappa shape index (κ1) is 20.9. The molecule has 0 spiro atoms. The Kier molecular flexibility index (Phi) is 5.69. The highest BCUT2D eigenvalue weighted by Crippen LogP contribution is 2.37. The molecule has 1 atom stereocenters. The maximum atomic E-state index is 13.1. The highest BCUT2D eigenvalue weighted by Gasteiger charge is 2.35. The summed E-state index contributed by atoms with van der Waals surface area (Å²) in [5, 5.41) is 6.46. The Morgan fingerprint density at radius 2 is 1.74 bits per heavy atom. The van der Waals surface area contributed by atoms with Gasteiger partial charge in [0.15, 0.2) is 5.17 Å². The first-order chi connectivity index (χ1) is 14.8. The van der Waals surface area contributed by atoms with Gasteiger partial charge in [-0.2, -0.15) is 13.2 Å². The average molecular weight is 443 g/mol. The number of carbonyl (C=O) groups excluding carboxylic acids is 2. The van der Waals surface area contributed by atoms with E-state index in [1.807, 2.05) is 36.4 Å². The number of halogens is 3. The normalized spacial score (nSPS) is 17.7. The average Bonchev–Trinajstić information content (AvgIpc) is 3.06. The van der Waals surface area contributed by atoms with Gasteiger partial charge in [-0.25, -0.2) is 4.99 Å². The van der Waals surface area contributed by atoms with Crippen LogP contribution in [0.3, 0.4) is 0 Å². The summed E-state index contributed by atoms with van der Waals surface area (Å²) in [7, 11) is 0. The Morgan fingerprint density at radius 3 is 2.52 bits per heavy atom. The fraction of sp³-hybridized carbons (Fsp3) is 0.136. The van der Waals surface area contributed by atoms with Crippen molar-refractivity contribution in [1.82, 2.24) is 5.32 Å². The van der Waals surface area contributed by atoms with Crippen molar-refractivity contribution < 1.29 is 22.8 Å². The molecular formula is C22H16F3N3O2S. The number of fused-ring (bicyclic) bond motifs is 1. The maximum absolute atomic E-state index is 13.1. The van der Waals surface area contributed by atoms with E-state index < -0.39 is 22.9 Å². The van der Waals surface area contributed by atoms with Crippen LogP contribution in [-0.4, -0.2) is 22.2 Å². The predicted octanol–water partition coefficient (Wildman–Crippen LogP) is 5.11. The van der Waals surface area contributed by atoms with E-state index in [4.69, 9.17) is 0 Å². The number of amides is 2. The minimum Gasteiger partial charge on any atom is -0.326 e. The Morgan fingerprint density at radius 1 is 1.03 bits per heavy atom. The largest absolute Gasteiger partial charge is 0.418 e. The Bertz CT molecular complexity index is 1190. The van der Waals surface area contributed by atoms with Crippen LogP contribution >= 0.6 is 11.8 Å². The number of para-hydroxylation sites is 1. The number of aliphatic imine (C=N–C) groups is 1. The van der Waals surface area contributed by atoms with Gasteiger partial charge in [0.25, 0.3) is 0 Å². The zero-order valence-corrected chi connectivity index (χ0v) is 16.8. The molecule has 1 unspecified atom stereocenters. The van der Waals surface area contributed by atoms with E-state index in [0.29, 0.717) is 5.69 Å². The number of hydrogen-bond donors (Lipinski definition) is 2. The number of carbonyl (C=O) groups is 2. The second-order valence-corrected chi connectivity index (χ2v) is 8.03. The number of nitrogens with zero attached hydrogens (tertiary/aromatic N) is 1. The third kappa shape index (κ3) is 4.88. The van der Waals surface area contributed by atoms with Gasteiger partial charge in [0.05, 0.1) is 11.3 Å². The lowest BCUT2D eigenvalue weighted by atomic mass is 10.1. The summed E-state index contributed by atoms with van der Waals surface area (Å²) in [6.07, 6.45) is -4.70. The fourth-order valence-corrected chi connectivity index (χ4v) is 4.14. The number of rotatable bonds is 4. The minimum absolute atomic E-state index is 0.0326. The van der Waals surface area contributed by atoms with Crippen LogP contribution < -0.4 is 10.6 Å². The maximum Gasteiger partial charge on any atom is 0.418 e. The summed E-state index contributed by atoms with van der Waals surface area (Å²) in [6.45, 7) is 0. The third-order valence-corrected chi connectivity index (χ3v) is 5.69. The zero-order valence-electron chi connectivity index (χ0n) is 15.9. The quantitative estimate of drug-likeness (QED) is 0.589.